The Hall–Kier alpha value is -4.01. The average molecular weight is 802 g/mol. The van der Waals surface area contributed by atoms with E-state index in [-0.39, 0.29) is 5.41 Å². The van der Waals surface area contributed by atoms with Gasteiger partial charge in [-0.15, -0.1) is 0 Å². The Morgan fingerprint density at radius 3 is 1.15 bits per heavy atom. The van der Waals surface area contributed by atoms with Gasteiger partial charge in [0.2, 0.25) is 0 Å². The van der Waals surface area contributed by atoms with E-state index in [9.17, 15) is 0 Å². The fourth-order valence-corrected chi connectivity index (χ4v) is 13.6. The van der Waals surface area contributed by atoms with Crippen LogP contribution in [0.15, 0.2) is 97.1 Å². The highest BCUT2D eigenvalue weighted by Gasteiger charge is 2.52. The van der Waals surface area contributed by atoms with Crippen LogP contribution in [0, 0.1) is 45.4 Å². The van der Waals surface area contributed by atoms with Crippen molar-refractivity contribution >= 4 is 45.7 Å². The predicted molar refractivity (Wildman–Crippen MR) is 251 cm³/mol. The second-order valence-electron chi connectivity index (χ2n) is 20.2. The third-order valence-electron chi connectivity index (χ3n) is 15.6. The minimum absolute atomic E-state index is 0.181. The van der Waals surface area contributed by atoms with Gasteiger partial charge in [0.15, 0.2) is 0 Å². The number of nitrogens with zero attached hydrogens (tertiary/aromatic N) is 2. The third-order valence-corrected chi connectivity index (χ3v) is 15.9. The van der Waals surface area contributed by atoms with Crippen LogP contribution in [0.4, 0.5) is 34.1 Å². The van der Waals surface area contributed by atoms with Crippen LogP contribution < -0.4 is 9.80 Å². The van der Waals surface area contributed by atoms with E-state index in [1.165, 1.54) is 164 Å². The van der Waals surface area contributed by atoms with Gasteiger partial charge in [0.05, 0.1) is 16.4 Å². The molecule has 59 heavy (non-hydrogen) atoms. The molecule has 3 heteroatoms. The molecule has 6 fully saturated rings. The lowest BCUT2D eigenvalue weighted by atomic mass is 9.48. The van der Waals surface area contributed by atoms with Crippen molar-refractivity contribution in [2.24, 2.45) is 17.8 Å². The zero-order valence-corrected chi connectivity index (χ0v) is 37.0. The number of benzene rings is 5. The number of hydrogen-bond donors (Lipinski definition) is 0. The van der Waals surface area contributed by atoms with Crippen LogP contribution in [0.3, 0.4) is 0 Å². The van der Waals surface area contributed by atoms with Gasteiger partial charge in [-0.05, 0) is 227 Å². The van der Waals surface area contributed by atoms with Gasteiger partial charge in [-0.3, -0.25) is 0 Å². The van der Waals surface area contributed by atoms with Crippen LogP contribution in [0.2, 0.25) is 5.02 Å². The highest BCUT2D eigenvalue weighted by Crippen LogP contribution is 2.62. The fourth-order valence-electron chi connectivity index (χ4n) is 13.4. The summed E-state index contributed by atoms with van der Waals surface area (Å²) in [4.78, 5) is 5.01. The summed E-state index contributed by atoms with van der Waals surface area (Å²) in [6, 6.07) is 38.4. The lowest BCUT2D eigenvalue weighted by Crippen LogP contribution is -2.48. The molecule has 306 valence electrons. The standard InChI is InChI=1S/C56H65ClN2/c1-37-23-38(2)26-51(25-37)58(49-19-15-46(16-20-49)44-11-7-5-8-12-44)53-32-48(56-34-41-29-42(35-56)31-43(30-41)36-56)33-54(55(53)57)59(52-27-39(3)24-40(4)28-52)50-21-17-47(18-22-50)45-13-9-6-10-14-45/h15-28,32-33,41-45H,5-14,29-31,34-36H2,1-4H3. The number of aryl methyl sites for hydroxylation is 4. The van der Waals surface area contributed by atoms with Gasteiger partial charge in [-0.25, -0.2) is 0 Å². The Morgan fingerprint density at radius 2 is 0.797 bits per heavy atom. The van der Waals surface area contributed by atoms with E-state index in [1.807, 2.05) is 0 Å². The van der Waals surface area contributed by atoms with Crippen molar-refractivity contribution in [3.8, 4) is 0 Å². The van der Waals surface area contributed by atoms with Crippen LogP contribution in [-0.2, 0) is 5.41 Å². The zero-order valence-electron chi connectivity index (χ0n) is 36.2. The van der Waals surface area contributed by atoms with E-state index in [4.69, 9.17) is 11.6 Å². The first-order valence-corrected chi connectivity index (χ1v) is 23.9. The van der Waals surface area contributed by atoms with Crippen molar-refractivity contribution in [1.82, 2.24) is 0 Å². The number of hydrogen-bond acceptors (Lipinski definition) is 2. The fraction of sp³-hybridized carbons (Fsp3) is 0.464. The Labute approximate surface area is 360 Å². The lowest BCUT2D eigenvalue weighted by molar-refractivity contribution is -0.00515. The van der Waals surface area contributed by atoms with Gasteiger partial charge in [-0.2, -0.15) is 0 Å². The highest BCUT2D eigenvalue weighted by atomic mass is 35.5. The van der Waals surface area contributed by atoms with Crippen LogP contribution in [0.1, 0.15) is 154 Å². The molecule has 2 nitrogen and oxygen atoms in total. The quantitative estimate of drug-likeness (QED) is 0.146. The summed E-state index contributed by atoms with van der Waals surface area (Å²) in [6.07, 6.45) is 21.5. The van der Waals surface area contributed by atoms with Gasteiger partial charge < -0.3 is 9.80 Å². The van der Waals surface area contributed by atoms with Gasteiger partial charge >= 0.3 is 0 Å². The van der Waals surface area contributed by atoms with E-state index < -0.39 is 0 Å². The van der Waals surface area contributed by atoms with Crippen LogP contribution in [0.25, 0.3) is 0 Å². The molecular weight excluding hydrogens is 736 g/mol. The van der Waals surface area contributed by atoms with Crippen molar-refractivity contribution in [2.45, 2.75) is 148 Å². The molecule has 0 amide bonds. The van der Waals surface area contributed by atoms with Crippen molar-refractivity contribution in [3.63, 3.8) is 0 Å². The molecule has 0 radical (unpaired) electrons. The molecule has 6 aliphatic carbocycles. The summed E-state index contributed by atoms with van der Waals surface area (Å²) in [5, 5.41) is 0.810. The van der Waals surface area contributed by atoms with Crippen LogP contribution in [0.5, 0.6) is 0 Å². The second-order valence-corrected chi connectivity index (χ2v) is 20.6. The van der Waals surface area contributed by atoms with Gasteiger partial charge in [-0.1, -0.05) is 86.5 Å². The topological polar surface area (TPSA) is 6.48 Å². The molecule has 0 N–H and O–H groups in total. The Kier molecular flexibility index (Phi) is 10.7. The largest absolute Gasteiger partial charge is 0.309 e. The van der Waals surface area contributed by atoms with E-state index in [2.05, 4.69) is 135 Å². The average Bonchev–Trinajstić information content (AvgIpc) is 3.22. The Morgan fingerprint density at radius 1 is 0.441 bits per heavy atom. The Balaban J connectivity index is 1.19. The number of anilines is 6. The van der Waals surface area contributed by atoms with Gasteiger partial charge in [0, 0.05) is 22.7 Å². The molecule has 4 bridgehead atoms. The molecule has 5 aromatic rings. The lowest BCUT2D eigenvalue weighted by Gasteiger charge is -2.57. The summed E-state index contributed by atoms with van der Waals surface area (Å²) in [5.74, 6) is 3.86. The van der Waals surface area contributed by atoms with E-state index in [0.717, 1.165) is 34.2 Å². The van der Waals surface area contributed by atoms with Crippen LogP contribution >= 0.6 is 11.6 Å². The molecular formula is C56H65ClN2. The number of rotatable bonds is 9. The summed E-state index contributed by atoms with van der Waals surface area (Å²) in [6.45, 7) is 8.94. The van der Waals surface area contributed by atoms with Gasteiger partial charge in [0.1, 0.15) is 0 Å². The van der Waals surface area contributed by atoms with E-state index in [1.54, 1.807) is 0 Å². The maximum Gasteiger partial charge on any atom is 0.0887 e. The maximum atomic E-state index is 8.16. The minimum Gasteiger partial charge on any atom is -0.309 e. The zero-order chi connectivity index (χ0) is 40.3. The summed E-state index contributed by atoms with van der Waals surface area (Å²) < 4.78 is 0. The van der Waals surface area contributed by atoms with Crippen molar-refractivity contribution < 1.29 is 0 Å². The number of halogens is 1. The maximum absolute atomic E-state index is 8.16. The Bertz CT molecular complexity index is 2080. The van der Waals surface area contributed by atoms with Crippen molar-refractivity contribution in [2.75, 3.05) is 9.80 Å². The summed E-state index contributed by atoms with van der Waals surface area (Å²) in [5.41, 5.74) is 16.6. The molecule has 0 aromatic heterocycles. The van der Waals surface area contributed by atoms with Crippen molar-refractivity contribution in [1.29, 1.82) is 0 Å². The normalized spacial score (nSPS) is 24.4. The summed E-state index contributed by atoms with van der Waals surface area (Å²) in [7, 11) is 0. The molecule has 5 aromatic carbocycles. The molecule has 0 aliphatic heterocycles. The SMILES string of the molecule is Cc1cc(C)cc(N(c2ccc(C3CCCCC3)cc2)c2cc(C34CC5CC(CC(C5)C3)C4)cc(N(c3ccc(C4CCCCC4)cc3)c3cc(C)cc(C)c3)c2Cl)c1. The first-order valence-electron chi connectivity index (χ1n) is 23.5. The molecule has 0 spiro atoms. The minimum atomic E-state index is 0.181. The summed E-state index contributed by atoms with van der Waals surface area (Å²) >= 11 is 8.16. The molecule has 0 heterocycles. The molecule has 0 atom stereocenters. The van der Waals surface area contributed by atoms with Crippen molar-refractivity contribution in [3.05, 3.63) is 141 Å². The van der Waals surface area contributed by atoms with Crippen LogP contribution in [-0.4, -0.2) is 0 Å². The molecule has 0 unspecified atom stereocenters. The predicted octanol–water partition coefficient (Wildman–Crippen LogP) is 17.1. The first kappa shape index (κ1) is 39.1. The molecule has 6 saturated carbocycles. The van der Waals surface area contributed by atoms with Gasteiger partial charge in [0.25, 0.3) is 0 Å². The second kappa shape index (κ2) is 16.1. The smallest absolute Gasteiger partial charge is 0.0887 e. The van der Waals surface area contributed by atoms with E-state index in [0.29, 0.717) is 11.8 Å². The van der Waals surface area contributed by atoms with E-state index >= 15 is 0 Å². The molecule has 11 rings (SSSR count). The third kappa shape index (κ3) is 7.78. The first-order chi connectivity index (χ1) is 28.7. The molecule has 0 saturated heterocycles. The monoisotopic (exact) mass is 800 g/mol. The highest BCUT2D eigenvalue weighted by molar-refractivity contribution is 6.36. The molecule has 6 aliphatic rings.